The number of halogens is 3. The van der Waals surface area contributed by atoms with Crippen LogP contribution in [0.1, 0.15) is 0 Å². The lowest BCUT2D eigenvalue weighted by atomic mass is 10.6. The van der Waals surface area contributed by atoms with Gasteiger partial charge in [0.05, 0.1) is 0 Å². The number of nitrogens with two attached hydrogens (primary N) is 1. The highest BCUT2D eigenvalue weighted by Crippen LogP contribution is 2.12. The maximum absolute atomic E-state index is 11.0. The molecular formula is C2H5F3N2O2. The van der Waals surface area contributed by atoms with Crippen molar-refractivity contribution in [3.05, 3.63) is 0 Å². The molecule has 0 aromatic carbocycles. The third kappa shape index (κ3) is 3.74. The lowest BCUT2D eigenvalue weighted by Gasteiger charge is -2.00. The zero-order valence-corrected chi connectivity index (χ0v) is 4.12. The van der Waals surface area contributed by atoms with Gasteiger partial charge in [-0.3, -0.25) is 10.2 Å². The lowest BCUT2D eigenvalue weighted by Crippen LogP contribution is -2.40. The molecule has 0 aromatic rings. The monoisotopic (exact) mass is 146 g/mol. The Labute approximate surface area is 48.1 Å². The number of carbonyl (C=O) groups excluding carboxylic acids is 1. The van der Waals surface area contributed by atoms with E-state index in [1.807, 2.05) is 0 Å². The Morgan fingerprint density at radius 1 is 1.44 bits per heavy atom. The highest BCUT2D eigenvalue weighted by molar-refractivity contribution is 5.80. The fourth-order valence-corrected chi connectivity index (χ4v) is 0.0818. The number of hydrogen-bond donors (Lipinski definition) is 2. The Hall–Kier alpha value is -0.820. The van der Waals surface area contributed by atoms with Gasteiger partial charge in [0.25, 0.3) is 0 Å². The zero-order chi connectivity index (χ0) is 6.78. The van der Waals surface area contributed by atoms with Crippen molar-refractivity contribution in [3.63, 3.8) is 0 Å². The lowest BCUT2D eigenvalue weighted by molar-refractivity contribution is -0.173. The highest BCUT2D eigenvalue weighted by Gasteiger charge is 2.37. The zero-order valence-electron chi connectivity index (χ0n) is 4.12. The Balaban J connectivity index is 0. The van der Waals surface area contributed by atoms with Gasteiger partial charge in [-0.15, -0.1) is 0 Å². The van der Waals surface area contributed by atoms with Crippen LogP contribution in [0.4, 0.5) is 13.2 Å². The fraction of sp³-hybridized carbons (Fsp3) is 0.500. The van der Waals surface area contributed by atoms with Crippen molar-refractivity contribution in [3.8, 4) is 0 Å². The number of hydrogen-bond acceptors (Lipinski definition) is 2. The van der Waals surface area contributed by atoms with Crippen LogP contribution in [0.5, 0.6) is 0 Å². The second-order valence-corrected chi connectivity index (χ2v) is 0.971. The second-order valence-electron chi connectivity index (χ2n) is 0.971. The quantitative estimate of drug-likeness (QED) is 0.253. The van der Waals surface area contributed by atoms with Crippen molar-refractivity contribution < 1.29 is 23.4 Å². The van der Waals surface area contributed by atoms with Gasteiger partial charge in [0.15, 0.2) is 0 Å². The summed E-state index contributed by atoms with van der Waals surface area (Å²) in [7, 11) is 0. The summed E-state index contributed by atoms with van der Waals surface area (Å²) >= 11 is 0. The van der Waals surface area contributed by atoms with Crippen LogP contribution in [-0.4, -0.2) is 17.6 Å². The number of nitrogens with one attached hydrogen (secondary N) is 1. The van der Waals surface area contributed by atoms with E-state index < -0.39 is 12.1 Å². The predicted molar refractivity (Wildman–Crippen MR) is 22.0 cm³/mol. The summed E-state index contributed by atoms with van der Waals surface area (Å²) in [6.45, 7) is 0. The largest absolute Gasteiger partial charge is 0.472 e. The summed E-state index contributed by atoms with van der Waals surface area (Å²) in [5, 5.41) is 0. The van der Waals surface area contributed by atoms with E-state index in [9.17, 15) is 18.0 Å². The van der Waals surface area contributed by atoms with E-state index in [1.165, 1.54) is 0 Å². The van der Waals surface area contributed by atoms with E-state index in [0.717, 1.165) is 5.43 Å². The van der Waals surface area contributed by atoms with E-state index in [2.05, 4.69) is 5.84 Å². The normalized spacial score (nSPS) is 9.78. The summed E-state index contributed by atoms with van der Waals surface area (Å²) < 4.78 is 32.9. The van der Waals surface area contributed by atoms with E-state index in [1.54, 1.807) is 0 Å². The molecule has 0 saturated carbocycles. The molecule has 56 valence electrons. The van der Waals surface area contributed by atoms with E-state index in [4.69, 9.17) is 0 Å². The van der Waals surface area contributed by atoms with Crippen LogP contribution in [0.25, 0.3) is 0 Å². The molecule has 0 radical (unpaired) electrons. The first-order valence-corrected chi connectivity index (χ1v) is 1.56. The van der Waals surface area contributed by atoms with Crippen molar-refractivity contribution in [2.45, 2.75) is 6.18 Å². The van der Waals surface area contributed by atoms with Gasteiger partial charge in [-0.05, 0) is 0 Å². The first kappa shape index (κ1) is 11.0. The third-order valence-corrected chi connectivity index (χ3v) is 0.389. The Kier molecular flexibility index (Phi) is 3.99. The molecule has 0 atom stereocenters. The van der Waals surface area contributed by atoms with Crippen LogP contribution >= 0.6 is 0 Å². The second kappa shape index (κ2) is 3.25. The molecule has 0 aliphatic carbocycles. The molecule has 0 aliphatic heterocycles. The number of rotatable bonds is 0. The average Bonchev–Trinajstić information content (AvgIpc) is 1.62. The molecule has 1 amide bonds. The molecular weight excluding hydrogens is 141 g/mol. The SMILES string of the molecule is NNC(=O)C(F)(F)F.O. The highest BCUT2D eigenvalue weighted by atomic mass is 19.4. The average molecular weight is 146 g/mol. The molecule has 5 N–H and O–H groups in total. The maximum Gasteiger partial charge on any atom is 0.472 e. The Bertz CT molecular complexity index is 100. The fourth-order valence-electron chi connectivity index (χ4n) is 0.0818. The van der Waals surface area contributed by atoms with Crippen LogP contribution in [-0.2, 0) is 4.79 Å². The molecule has 0 bridgehead atoms. The Morgan fingerprint density at radius 3 is 1.78 bits per heavy atom. The minimum absolute atomic E-state index is 0. The van der Waals surface area contributed by atoms with Crippen LogP contribution in [0.3, 0.4) is 0 Å². The van der Waals surface area contributed by atoms with Gasteiger partial charge in [-0.2, -0.15) is 13.2 Å². The van der Waals surface area contributed by atoms with E-state index in [-0.39, 0.29) is 5.48 Å². The smallest absolute Gasteiger partial charge is 0.412 e. The molecule has 0 aliphatic rings. The summed E-state index contributed by atoms with van der Waals surface area (Å²) in [6, 6.07) is 0. The topological polar surface area (TPSA) is 86.6 Å². The van der Waals surface area contributed by atoms with Gasteiger partial charge in [-0.25, -0.2) is 5.84 Å². The number of alkyl halides is 3. The van der Waals surface area contributed by atoms with Gasteiger partial charge >= 0.3 is 12.1 Å². The molecule has 0 rings (SSSR count). The van der Waals surface area contributed by atoms with Crippen LogP contribution in [0.15, 0.2) is 0 Å². The molecule has 0 unspecified atom stereocenters. The van der Waals surface area contributed by atoms with E-state index >= 15 is 0 Å². The number of hydrazine groups is 1. The standard InChI is InChI=1S/C2H3F3N2O.H2O/c3-2(4,5)1(8)7-6;/h6H2,(H,7,8);1H2. The molecule has 4 nitrogen and oxygen atoms in total. The molecule has 9 heavy (non-hydrogen) atoms. The molecule has 0 saturated heterocycles. The number of amides is 1. The number of carbonyl (C=O) groups is 1. The summed E-state index contributed by atoms with van der Waals surface area (Å²) in [5.41, 5.74) is 0.941. The first-order chi connectivity index (χ1) is 3.48. The summed E-state index contributed by atoms with van der Waals surface area (Å²) in [6.07, 6.45) is -4.87. The molecule has 0 spiro atoms. The molecule has 0 heterocycles. The third-order valence-electron chi connectivity index (χ3n) is 0.389. The van der Waals surface area contributed by atoms with Crippen molar-refractivity contribution in [1.29, 1.82) is 0 Å². The maximum atomic E-state index is 11.0. The van der Waals surface area contributed by atoms with E-state index in [0.29, 0.717) is 0 Å². The van der Waals surface area contributed by atoms with Crippen molar-refractivity contribution in [2.24, 2.45) is 5.84 Å². The minimum Gasteiger partial charge on any atom is -0.412 e. The summed E-state index contributed by atoms with van der Waals surface area (Å²) in [4.78, 5) is 9.47. The van der Waals surface area contributed by atoms with Crippen LogP contribution < -0.4 is 11.3 Å². The molecule has 0 fully saturated rings. The minimum atomic E-state index is -4.87. The van der Waals surface area contributed by atoms with Crippen molar-refractivity contribution in [1.82, 2.24) is 5.43 Å². The Morgan fingerprint density at radius 2 is 1.78 bits per heavy atom. The van der Waals surface area contributed by atoms with Crippen molar-refractivity contribution >= 4 is 5.91 Å². The van der Waals surface area contributed by atoms with Gasteiger partial charge in [0.1, 0.15) is 0 Å². The van der Waals surface area contributed by atoms with Gasteiger partial charge in [-0.1, -0.05) is 0 Å². The van der Waals surface area contributed by atoms with Gasteiger partial charge < -0.3 is 5.48 Å². The van der Waals surface area contributed by atoms with Gasteiger partial charge in [0.2, 0.25) is 0 Å². The summed E-state index contributed by atoms with van der Waals surface area (Å²) in [5.74, 6) is 2.00. The molecule has 7 heteroatoms. The van der Waals surface area contributed by atoms with Crippen LogP contribution in [0.2, 0.25) is 0 Å². The first-order valence-electron chi connectivity index (χ1n) is 1.56. The molecule has 0 aromatic heterocycles. The predicted octanol–water partition coefficient (Wildman–Crippen LogP) is -1.29. The van der Waals surface area contributed by atoms with Crippen LogP contribution in [0, 0.1) is 0 Å². The van der Waals surface area contributed by atoms with Gasteiger partial charge in [0, 0.05) is 0 Å². The van der Waals surface area contributed by atoms with Crippen molar-refractivity contribution in [2.75, 3.05) is 0 Å².